The number of cyclic esters (lactones) is 1. The summed E-state index contributed by atoms with van der Waals surface area (Å²) in [5.74, 6) is 0. The molecule has 4 aliphatic rings. The summed E-state index contributed by atoms with van der Waals surface area (Å²) in [5, 5.41) is 0. The van der Waals surface area contributed by atoms with Crippen LogP contribution in [-0.4, -0.2) is 54.3 Å². The molecule has 2 aromatic rings. The van der Waals surface area contributed by atoms with Crippen LogP contribution < -0.4 is 0 Å². The molecule has 0 radical (unpaired) electrons. The minimum absolute atomic E-state index is 0.0812. The molecule has 2 bridgehead atoms. The van der Waals surface area contributed by atoms with E-state index in [4.69, 9.17) is 4.74 Å². The third-order valence-electron chi connectivity index (χ3n) is 8.59. The molecule has 1 unspecified atom stereocenters. The van der Waals surface area contributed by atoms with Gasteiger partial charge in [0.05, 0.1) is 43.3 Å². The average Bonchev–Trinajstić information content (AvgIpc) is 3.22. The lowest BCUT2D eigenvalue weighted by atomic mass is 9.66. The van der Waals surface area contributed by atoms with Gasteiger partial charge in [0.15, 0.2) is 0 Å². The molecular weight excluding hydrogens is 498 g/mol. The Morgan fingerprint density at radius 1 is 0.892 bits per heavy atom. The van der Waals surface area contributed by atoms with Gasteiger partial charge in [-0.25, -0.2) is 4.79 Å². The lowest BCUT2D eigenvalue weighted by Crippen LogP contribution is -2.63. The first-order valence-electron chi connectivity index (χ1n) is 12.5. The molecule has 10 heteroatoms. The van der Waals surface area contributed by atoms with Crippen LogP contribution >= 0.6 is 0 Å². The number of carbonyl (C=O) groups excluding carboxylic acids is 1. The highest BCUT2D eigenvalue weighted by Gasteiger charge is 2.50. The highest BCUT2D eigenvalue weighted by Crippen LogP contribution is 2.46. The molecule has 1 atom stereocenters. The molecule has 0 saturated carbocycles. The molecular formula is C27H29F6N2O2+. The summed E-state index contributed by atoms with van der Waals surface area (Å²) in [7, 11) is 0. The predicted molar refractivity (Wildman–Crippen MR) is 123 cm³/mol. The fourth-order valence-corrected chi connectivity index (χ4v) is 6.28. The first kappa shape index (κ1) is 25.9. The average molecular weight is 528 g/mol. The summed E-state index contributed by atoms with van der Waals surface area (Å²) >= 11 is 0. The first-order chi connectivity index (χ1) is 17.4. The normalized spacial score (nSPS) is 28.0. The number of hydrogen-bond donors (Lipinski definition) is 0. The second-order valence-electron chi connectivity index (χ2n) is 10.7. The number of quaternary nitrogens is 1. The van der Waals surface area contributed by atoms with Crippen molar-refractivity contribution in [2.24, 2.45) is 0 Å². The minimum Gasteiger partial charge on any atom is -0.447 e. The van der Waals surface area contributed by atoms with Crippen molar-refractivity contribution >= 4 is 6.09 Å². The maximum atomic E-state index is 13.3. The van der Waals surface area contributed by atoms with Crippen molar-refractivity contribution in [1.82, 2.24) is 4.90 Å². The number of piperidine rings is 3. The molecule has 200 valence electrons. The number of nitrogens with zero attached hydrogens (tertiary/aromatic N) is 2. The van der Waals surface area contributed by atoms with E-state index in [2.05, 4.69) is 24.3 Å². The van der Waals surface area contributed by atoms with Crippen LogP contribution in [0.2, 0.25) is 0 Å². The maximum absolute atomic E-state index is 13.3. The number of fused-ring (bicyclic) bond motifs is 3. The van der Waals surface area contributed by atoms with Gasteiger partial charge in [0.1, 0.15) is 6.61 Å². The van der Waals surface area contributed by atoms with Crippen LogP contribution in [-0.2, 0) is 29.0 Å². The van der Waals surface area contributed by atoms with Crippen molar-refractivity contribution in [2.75, 3.05) is 32.8 Å². The van der Waals surface area contributed by atoms with Gasteiger partial charge >= 0.3 is 18.4 Å². The van der Waals surface area contributed by atoms with Crippen molar-refractivity contribution in [2.45, 2.75) is 56.0 Å². The molecule has 4 nitrogen and oxygen atoms in total. The molecule has 4 heterocycles. The van der Waals surface area contributed by atoms with Gasteiger partial charge in [-0.15, -0.1) is 0 Å². The molecule has 0 spiro atoms. The van der Waals surface area contributed by atoms with E-state index in [1.54, 1.807) is 0 Å². The van der Waals surface area contributed by atoms with E-state index in [-0.39, 0.29) is 30.2 Å². The summed E-state index contributed by atoms with van der Waals surface area (Å²) in [6, 6.07) is 11.6. The van der Waals surface area contributed by atoms with Crippen LogP contribution in [0, 0.1) is 0 Å². The number of rotatable bonds is 6. The summed E-state index contributed by atoms with van der Waals surface area (Å²) in [6.07, 6.45) is -6.78. The number of hydrogen-bond acceptors (Lipinski definition) is 2. The Labute approximate surface area is 211 Å². The van der Waals surface area contributed by atoms with Crippen LogP contribution in [0.15, 0.2) is 48.5 Å². The number of ether oxygens (including phenoxy) is 1. The lowest BCUT2D eigenvalue weighted by Gasteiger charge is -2.55. The zero-order valence-electron chi connectivity index (χ0n) is 20.2. The summed E-state index contributed by atoms with van der Waals surface area (Å²) in [6.45, 7) is 3.54. The molecule has 0 aliphatic carbocycles. The number of benzene rings is 2. The van der Waals surface area contributed by atoms with Crippen LogP contribution in [0.3, 0.4) is 0 Å². The second-order valence-corrected chi connectivity index (χ2v) is 10.7. The number of carbonyl (C=O) groups is 1. The smallest absolute Gasteiger partial charge is 0.416 e. The number of halogens is 6. The Morgan fingerprint density at radius 2 is 1.46 bits per heavy atom. The zero-order valence-corrected chi connectivity index (χ0v) is 20.2. The molecule has 2 aromatic carbocycles. The van der Waals surface area contributed by atoms with E-state index in [1.807, 2.05) is 6.07 Å². The minimum atomic E-state index is -4.94. The van der Waals surface area contributed by atoms with Crippen molar-refractivity contribution in [3.8, 4) is 0 Å². The van der Waals surface area contributed by atoms with E-state index in [0.717, 1.165) is 49.9 Å². The summed E-state index contributed by atoms with van der Waals surface area (Å²) in [5.41, 5.74) is -1.40. The Kier molecular flexibility index (Phi) is 6.45. The van der Waals surface area contributed by atoms with Crippen LogP contribution in [0.5, 0.6) is 0 Å². The Morgan fingerprint density at radius 3 is 2.00 bits per heavy atom. The number of alkyl halides is 6. The third kappa shape index (κ3) is 5.17. The second kappa shape index (κ2) is 9.22. The van der Waals surface area contributed by atoms with Crippen molar-refractivity contribution < 1.29 is 40.4 Å². The van der Waals surface area contributed by atoms with Gasteiger partial charge in [-0.3, -0.25) is 4.90 Å². The van der Waals surface area contributed by atoms with E-state index < -0.39 is 35.6 Å². The standard InChI is InChI=1S/C27H29F6N2O2/c28-26(29,30)21-14-19(15-22(16-21)27(31,32)33)17-34-23(18-37-24(34)36)6-10-35-11-7-25(8-12-35,9-13-35)20-4-2-1-3-5-20/h1-5,14-16,23H,6-13,17-18H2/q+1. The quantitative estimate of drug-likeness (QED) is 0.322. The Hall–Kier alpha value is -2.75. The van der Waals surface area contributed by atoms with Gasteiger partial charge in [0.2, 0.25) is 0 Å². The van der Waals surface area contributed by atoms with Gasteiger partial charge in [-0.1, -0.05) is 30.3 Å². The van der Waals surface area contributed by atoms with Gasteiger partial charge in [0.25, 0.3) is 0 Å². The molecule has 4 fully saturated rings. The number of amides is 1. The van der Waals surface area contributed by atoms with Crippen molar-refractivity contribution in [1.29, 1.82) is 0 Å². The maximum Gasteiger partial charge on any atom is 0.416 e. The molecule has 1 amide bonds. The van der Waals surface area contributed by atoms with Gasteiger partial charge < -0.3 is 9.22 Å². The van der Waals surface area contributed by atoms with Crippen LogP contribution in [0.25, 0.3) is 0 Å². The fourth-order valence-electron chi connectivity index (χ4n) is 6.28. The van der Waals surface area contributed by atoms with Crippen LogP contribution in [0.4, 0.5) is 31.1 Å². The SMILES string of the molecule is O=C1OCC(CC[N+]23CCC(c4ccccc4)(CC2)CC3)N1Cc1cc(C(F)(F)F)cc(C(F)(F)F)c1. The summed E-state index contributed by atoms with van der Waals surface area (Å²) < 4.78 is 85.8. The van der Waals surface area contributed by atoms with Crippen LogP contribution in [0.1, 0.15) is 47.9 Å². The van der Waals surface area contributed by atoms with Gasteiger partial charge in [-0.2, -0.15) is 26.3 Å². The molecule has 0 N–H and O–H groups in total. The predicted octanol–water partition coefficient (Wildman–Crippen LogP) is 6.39. The molecule has 37 heavy (non-hydrogen) atoms. The summed E-state index contributed by atoms with van der Waals surface area (Å²) in [4.78, 5) is 13.7. The lowest BCUT2D eigenvalue weighted by molar-refractivity contribution is -0.943. The molecule has 4 aliphatic heterocycles. The van der Waals surface area contributed by atoms with Crippen molar-refractivity contribution in [3.05, 3.63) is 70.8 Å². The third-order valence-corrected chi connectivity index (χ3v) is 8.59. The van der Waals surface area contributed by atoms with E-state index in [0.29, 0.717) is 18.6 Å². The van der Waals surface area contributed by atoms with Gasteiger partial charge in [0, 0.05) is 37.6 Å². The van der Waals surface area contributed by atoms with Crippen molar-refractivity contribution in [3.63, 3.8) is 0 Å². The fraction of sp³-hybridized carbons (Fsp3) is 0.519. The largest absolute Gasteiger partial charge is 0.447 e. The van der Waals surface area contributed by atoms with E-state index in [9.17, 15) is 31.1 Å². The highest BCUT2D eigenvalue weighted by molar-refractivity contribution is 5.70. The highest BCUT2D eigenvalue weighted by atomic mass is 19.4. The molecule has 4 saturated heterocycles. The first-order valence-corrected chi connectivity index (χ1v) is 12.5. The van der Waals surface area contributed by atoms with E-state index >= 15 is 0 Å². The molecule has 6 rings (SSSR count). The Bertz CT molecular complexity index is 1090. The molecule has 0 aromatic heterocycles. The van der Waals surface area contributed by atoms with Gasteiger partial charge in [-0.05, 0) is 29.3 Å². The monoisotopic (exact) mass is 527 g/mol. The zero-order chi connectivity index (χ0) is 26.5. The Balaban J connectivity index is 1.27. The van der Waals surface area contributed by atoms with E-state index in [1.165, 1.54) is 10.5 Å². The topological polar surface area (TPSA) is 29.5 Å².